The lowest BCUT2D eigenvalue weighted by Gasteiger charge is -2.10. The molecule has 0 aliphatic rings. The minimum Gasteiger partial charge on any atom is -0.494 e. The van der Waals surface area contributed by atoms with Crippen molar-refractivity contribution in [3.8, 4) is 11.5 Å². The molecule has 0 aliphatic heterocycles. The molecule has 3 rings (SSSR count). The second-order valence-electron chi connectivity index (χ2n) is 6.49. The number of hydrazone groups is 1. The third kappa shape index (κ3) is 6.09. The summed E-state index contributed by atoms with van der Waals surface area (Å²) in [6.07, 6.45) is 2.49. The van der Waals surface area contributed by atoms with Gasteiger partial charge in [0.15, 0.2) is 0 Å². The van der Waals surface area contributed by atoms with Gasteiger partial charge >= 0.3 is 0 Å². The molecule has 0 radical (unpaired) electrons. The van der Waals surface area contributed by atoms with Gasteiger partial charge in [0, 0.05) is 21.7 Å². The zero-order valence-electron chi connectivity index (χ0n) is 16.7. The van der Waals surface area contributed by atoms with E-state index in [1.807, 2.05) is 55.5 Å². The van der Waals surface area contributed by atoms with E-state index in [-0.39, 0.29) is 5.91 Å². The van der Waals surface area contributed by atoms with Crippen LogP contribution >= 0.6 is 11.6 Å². The van der Waals surface area contributed by atoms with Crippen LogP contribution in [0.5, 0.6) is 11.5 Å². The van der Waals surface area contributed by atoms with Crippen LogP contribution in [0.2, 0.25) is 5.02 Å². The Hall–Kier alpha value is -3.31. The largest absolute Gasteiger partial charge is 0.494 e. The first-order valence-electron chi connectivity index (χ1n) is 9.69. The standard InChI is InChI=1S/C24H23ClN2O3/c1-2-15-29-21-13-11-18(12-14-21)24(28)27-26-16-19-7-4-6-10-23(19)30-17-20-8-3-5-9-22(20)25/h3-14,16H,2,15,17H2,1H3,(H,27,28)/b26-16+. The molecular formula is C24H23ClN2O3. The summed E-state index contributed by atoms with van der Waals surface area (Å²) in [6.45, 7) is 3.02. The van der Waals surface area contributed by atoms with Gasteiger partial charge in [-0.1, -0.05) is 48.9 Å². The van der Waals surface area contributed by atoms with Crippen LogP contribution in [0.15, 0.2) is 77.9 Å². The van der Waals surface area contributed by atoms with Gasteiger partial charge in [-0.3, -0.25) is 4.79 Å². The Morgan fingerprint density at radius 3 is 2.50 bits per heavy atom. The predicted octanol–water partition coefficient (Wildman–Crippen LogP) is 5.47. The second-order valence-corrected chi connectivity index (χ2v) is 6.90. The zero-order chi connectivity index (χ0) is 21.2. The molecule has 0 fully saturated rings. The van der Waals surface area contributed by atoms with Gasteiger partial charge in [-0.2, -0.15) is 5.10 Å². The molecule has 0 aliphatic carbocycles. The van der Waals surface area contributed by atoms with Crippen LogP contribution in [-0.2, 0) is 6.61 Å². The van der Waals surface area contributed by atoms with Crippen molar-refractivity contribution in [1.82, 2.24) is 5.43 Å². The highest BCUT2D eigenvalue weighted by atomic mass is 35.5. The molecule has 1 N–H and O–H groups in total. The van der Waals surface area contributed by atoms with Crippen LogP contribution < -0.4 is 14.9 Å². The van der Waals surface area contributed by atoms with Crippen molar-refractivity contribution >= 4 is 23.7 Å². The van der Waals surface area contributed by atoms with E-state index in [1.165, 1.54) is 0 Å². The quantitative estimate of drug-likeness (QED) is 0.367. The Balaban J connectivity index is 1.59. The first-order valence-corrected chi connectivity index (χ1v) is 10.1. The summed E-state index contributed by atoms with van der Waals surface area (Å²) in [5.41, 5.74) is 4.67. The van der Waals surface area contributed by atoms with E-state index in [4.69, 9.17) is 21.1 Å². The molecule has 0 aromatic heterocycles. The van der Waals surface area contributed by atoms with Crippen molar-refractivity contribution in [1.29, 1.82) is 0 Å². The summed E-state index contributed by atoms with van der Waals surface area (Å²) < 4.78 is 11.4. The first kappa shape index (κ1) is 21.4. The van der Waals surface area contributed by atoms with Gasteiger partial charge in [0.1, 0.15) is 18.1 Å². The highest BCUT2D eigenvalue weighted by Gasteiger charge is 2.06. The molecule has 0 saturated heterocycles. The Morgan fingerprint density at radius 1 is 1.00 bits per heavy atom. The van der Waals surface area contributed by atoms with Crippen LogP contribution in [0.4, 0.5) is 0 Å². The highest BCUT2D eigenvalue weighted by Crippen LogP contribution is 2.21. The zero-order valence-corrected chi connectivity index (χ0v) is 17.4. The van der Waals surface area contributed by atoms with Gasteiger partial charge < -0.3 is 9.47 Å². The van der Waals surface area contributed by atoms with Crippen molar-refractivity contribution in [2.24, 2.45) is 5.10 Å². The molecule has 0 spiro atoms. The number of hydrogen-bond donors (Lipinski definition) is 1. The minimum atomic E-state index is -0.303. The van der Waals surface area contributed by atoms with Crippen molar-refractivity contribution in [2.45, 2.75) is 20.0 Å². The fraction of sp³-hybridized carbons (Fsp3) is 0.167. The normalized spacial score (nSPS) is 10.7. The van der Waals surface area contributed by atoms with E-state index in [0.29, 0.717) is 29.5 Å². The van der Waals surface area contributed by atoms with E-state index in [9.17, 15) is 4.79 Å². The Kier molecular flexibility index (Phi) is 7.86. The first-order chi connectivity index (χ1) is 14.7. The van der Waals surface area contributed by atoms with E-state index >= 15 is 0 Å². The SMILES string of the molecule is CCCOc1ccc(C(=O)N/N=C/c2ccccc2OCc2ccccc2Cl)cc1. The maximum absolute atomic E-state index is 12.3. The summed E-state index contributed by atoms with van der Waals surface area (Å²) in [4.78, 5) is 12.3. The van der Waals surface area contributed by atoms with E-state index in [0.717, 1.165) is 23.3 Å². The van der Waals surface area contributed by atoms with Gasteiger partial charge in [0.05, 0.1) is 12.8 Å². The molecule has 30 heavy (non-hydrogen) atoms. The number of benzene rings is 3. The number of para-hydroxylation sites is 1. The minimum absolute atomic E-state index is 0.303. The molecule has 0 heterocycles. The van der Waals surface area contributed by atoms with Gasteiger partial charge in [-0.25, -0.2) is 5.43 Å². The number of ether oxygens (including phenoxy) is 2. The third-order valence-corrected chi connectivity index (χ3v) is 4.59. The molecule has 1 amide bonds. The number of amides is 1. The molecule has 5 nitrogen and oxygen atoms in total. The summed E-state index contributed by atoms with van der Waals surface area (Å²) in [7, 11) is 0. The van der Waals surface area contributed by atoms with Crippen molar-refractivity contribution in [2.75, 3.05) is 6.61 Å². The maximum Gasteiger partial charge on any atom is 0.271 e. The lowest BCUT2D eigenvalue weighted by Crippen LogP contribution is -2.17. The molecule has 3 aromatic carbocycles. The molecule has 6 heteroatoms. The topological polar surface area (TPSA) is 59.9 Å². The van der Waals surface area contributed by atoms with Crippen molar-refractivity contribution in [3.05, 3.63) is 94.5 Å². The molecule has 3 aromatic rings. The van der Waals surface area contributed by atoms with Crippen molar-refractivity contribution in [3.63, 3.8) is 0 Å². The summed E-state index contributed by atoms with van der Waals surface area (Å²) in [5.74, 6) is 1.08. The average Bonchev–Trinajstić information content (AvgIpc) is 2.78. The number of nitrogens with one attached hydrogen (secondary N) is 1. The average molecular weight is 423 g/mol. The van der Waals surface area contributed by atoms with Crippen LogP contribution in [0.25, 0.3) is 0 Å². The molecule has 0 saturated carbocycles. The van der Waals surface area contributed by atoms with E-state index < -0.39 is 0 Å². The van der Waals surface area contributed by atoms with Crippen LogP contribution in [0.3, 0.4) is 0 Å². The predicted molar refractivity (Wildman–Crippen MR) is 120 cm³/mol. The van der Waals surface area contributed by atoms with Crippen LogP contribution in [0, 0.1) is 0 Å². The molecule has 154 valence electrons. The number of carbonyl (C=O) groups excluding carboxylic acids is 1. The molecule has 0 atom stereocenters. The van der Waals surface area contributed by atoms with Gasteiger partial charge in [-0.15, -0.1) is 0 Å². The number of rotatable bonds is 9. The lowest BCUT2D eigenvalue weighted by atomic mass is 10.2. The van der Waals surface area contributed by atoms with Crippen LogP contribution in [0.1, 0.15) is 34.8 Å². The molecular weight excluding hydrogens is 400 g/mol. The van der Waals surface area contributed by atoms with Gasteiger partial charge in [0.2, 0.25) is 0 Å². The fourth-order valence-corrected chi connectivity index (χ4v) is 2.83. The Labute approximate surface area is 181 Å². The fourth-order valence-electron chi connectivity index (χ4n) is 2.64. The highest BCUT2D eigenvalue weighted by molar-refractivity contribution is 6.31. The van der Waals surface area contributed by atoms with Crippen LogP contribution in [-0.4, -0.2) is 18.7 Å². The lowest BCUT2D eigenvalue weighted by molar-refractivity contribution is 0.0955. The monoisotopic (exact) mass is 422 g/mol. The third-order valence-electron chi connectivity index (χ3n) is 4.22. The molecule has 0 bridgehead atoms. The summed E-state index contributed by atoms with van der Waals surface area (Å²) in [5, 5.41) is 4.72. The smallest absolute Gasteiger partial charge is 0.271 e. The van der Waals surface area contributed by atoms with E-state index in [1.54, 1.807) is 30.5 Å². The van der Waals surface area contributed by atoms with Gasteiger partial charge in [-0.05, 0) is 48.9 Å². The summed E-state index contributed by atoms with van der Waals surface area (Å²) >= 11 is 6.18. The van der Waals surface area contributed by atoms with E-state index in [2.05, 4.69) is 10.5 Å². The Morgan fingerprint density at radius 2 is 1.73 bits per heavy atom. The summed E-state index contributed by atoms with van der Waals surface area (Å²) in [6, 6.07) is 21.9. The molecule has 0 unspecified atom stereocenters. The number of halogens is 1. The second kappa shape index (κ2) is 11.0. The van der Waals surface area contributed by atoms with Crippen molar-refractivity contribution < 1.29 is 14.3 Å². The Bertz CT molecular complexity index is 1000. The number of nitrogens with zero attached hydrogens (tertiary/aromatic N) is 1. The number of carbonyl (C=O) groups is 1. The maximum atomic E-state index is 12.3. The number of hydrogen-bond acceptors (Lipinski definition) is 4. The van der Waals surface area contributed by atoms with Gasteiger partial charge in [0.25, 0.3) is 5.91 Å².